The molecule has 6 nitrogen and oxygen atoms in total. The summed E-state index contributed by atoms with van der Waals surface area (Å²) in [5, 5.41) is 10.6. The van der Waals surface area contributed by atoms with Gasteiger partial charge in [-0.15, -0.1) is 10.2 Å². The minimum atomic E-state index is -0.367. The van der Waals surface area contributed by atoms with Crippen LogP contribution in [0.4, 0.5) is 9.52 Å². The molecule has 8 heteroatoms. The van der Waals surface area contributed by atoms with Crippen molar-refractivity contribution in [2.45, 2.75) is 13.8 Å². The van der Waals surface area contributed by atoms with Gasteiger partial charge in [0, 0.05) is 37.3 Å². The Morgan fingerprint density at radius 1 is 1.12 bits per heavy atom. The number of pyridine rings is 1. The van der Waals surface area contributed by atoms with Gasteiger partial charge in [-0.2, -0.15) is 0 Å². The lowest BCUT2D eigenvalue weighted by molar-refractivity contribution is 0.0748. The summed E-state index contributed by atoms with van der Waals surface area (Å²) >= 11 is 1.56. The van der Waals surface area contributed by atoms with Crippen LogP contribution in [-0.2, 0) is 0 Å². The maximum atomic E-state index is 13.7. The molecule has 0 unspecified atom stereocenters. The molecule has 1 fully saturated rings. The van der Waals surface area contributed by atoms with E-state index in [9.17, 15) is 9.18 Å². The van der Waals surface area contributed by atoms with Crippen LogP contribution in [0.25, 0.3) is 10.9 Å². The third-order valence-electron chi connectivity index (χ3n) is 4.48. The smallest absolute Gasteiger partial charge is 0.254 e. The molecule has 1 aromatic carbocycles. The van der Waals surface area contributed by atoms with Gasteiger partial charge in [0.05, 0.1) is 11.1 Å². The third-order valence-corrected chi connectivity index (χ3v) is 5.38. The molecule has 0 N–H and O–H groups in total. The number of piperazine rings is 1. The second-order valence-electron chi connectivity index (χ2n) is 6.36. The standard InChI is InChI=1S/C18H18FN5OS/c1-11-9-15(14-10-13(19)3-4-16(14)20-11)17(25)23-5-7-24(8-6-23)18-22-21-12(2)26-18/h3-4,9-10H,5-8H2,1-2H3. The van der Waals surface area contributed by atoms with Crippen molar-refractivity contribution in [1.82, 2.24) is 20.1 Å². The summed E-state index contributed by atoms with van der Waals surface area (Å²) in [5.41, 5.74) is 1.89. The van der Waals surface area contributed by atoms with Crippen molar-refractivity contribution in [1.29, 1.82) is 0 Å². The summed E-state index contributed by atoms with van der Waals surface area (Å²) in [6, 6.07) is 6.11. The number of halogens is 1. The number of amides is 1. The number of hydrogen-bond donors (Lipinski definition) is 0. The molecule has 0 radical (unpaired) electrons. The number of fused-ring (bicyclic) bond motifs is 1. The first kappa shape index (κ1) is 16.8. The molecule has 3 aromatic rings. The predicted molar refractivity (Wildman–Crippen MR) is 99.2 cm³/mol. The number of hydrogen-bond acceptors (Lipinski definition) is 6. The quantitative estimate of drug-likeness (QED) is 0.693. The number of carbonyl (C=O) groups excluding carboxylic acids is 1. The minimum Gasteiger partial charge on any atom is -0.343 e. The summed E-state index contributed by atoms with van der Waals surface area (Å²) in [5.74, 6) is -0.451. The summed E-state index contributed by atoms with van der Waals surface area (Å²) in [7, 11) is 0. The maximum Gasteiger partial charge on any atom is 0.254 e. The molecule has 134 valence electrons. The average Bonchev–Trinajstić information content (AvgIpc) is 3.07. The molecule has 4 rings (SSSR count). The number of carbonyl (C=O) groups is 1. The molecule has 3 heterocycles. The van der Waals surface area contributed by atoms with Crippen molar-refractivity contribution >= 4 is 33.3 Å². The van der Waals surface area contributed by atoms with Crippen molar-refractivity contribution in [2.24, 2.45) is 0 Å². The highest BCUT2D eigenvalue weighted by Gasteiger charge is 2.25. The Bertz CT molecular complexity index is 981. The first-order chi connectivity index (χ1) is 12.5. The number of nitrogens with zero attached hydrogens (tertiary/aromatic N) is 5. The van der Waals surface area contributed by atoms with E-state index in [2.05, 4.69) is 20.1 Å². The normalized spacial score (nSPS) is 14.9. The van der Waals surface area contributed by atoms with Gasteiger partial charge < -0.3 is 9.80 Å². The van der Waals surface area contributed by atoms with Gasteiger partial charge in [-0.1, -0.05) is 11.3 Å². The van der Waals surface area contributed by atoms with Gasteiger partial charge in [0.1, 0.15) is 10.8 Å². The molecule has 0 aliphatic carbocycles. The van der Waals surface area contributed by atoms with E-state index < -0.39 is 0 Å². The van der Waals surface area contributed by atoms with E-state index in [0.717, 1.165) is 15.8 Å². The molecule has 1 aliphatic heterocycles. The zero-order valence-corrected chi connectivity index (χ0v) is 15.4. The van der Waals surface area contributed by atoms with Gasteiger partial charge in [-0.3, -0.25) is 9.78 Å². The number of aryl methyl sites for hydroxylation is 2. The zero-order chi connectivity index (χ0) is 18.3. The fourth-order valence-corrected chi connectivity index (χ4v) is 3.93. The van der Waals surface area contributed by atoms with E-state index in [1.807, 2.05) is 18.7 Å². The predicted octanol–water partition coefficient (Wildman–Crippen LogP) is 2.80. The van der Waals surface area contributed by atoms with Crippen LogP contribution >= 0.6 is 11.3 Å². The zero-order valence-electron chi connectivity index (χ0n) is 14.6. The van der Waals surface area contributed by atoms with Gasteiger partial charge in [0.25, 0.3) is 5.91 Å². The van der Waals surface area contributed by atoms with Crippen molar-refractivity contribution in [2.75, 3.05) is 31.1 Å². The molecule has 26 heavy (non-hydrogen) atoms. The molecule has 1 amide bonds. The molecule has 1 saturated heterocycles. The lowest BCUT2D eigenvalue weighted by Gasteiger charge is -2.34. The largest absolute Gasteiger partial charge is 0.343 e. The highest BCUT2D eigenvalue weighted by molar-refractivity contribution is 7.15. The van der Waals surface area contributed by atoms with Crippen molar-refractivity contribution in [3.8, 4) is 0 Å². The average molecular weight is 371 g/mol. The third kappa shape index (κ3) is 3.12. The minimum absolute atomic E-state index is 0.0841. The van der Waals surface area contributed by atoms with Gasteiger partial charge in [0.15, 0.2) is 0 Å². The summed E-state index contributed by atoms with van der Waals surface area (Å²) in [4.78, 5) is 21.4. The van der Waals surface area contributed by atoms with Crippen LogP contribution in [0, 0.1) is 19.7 Å². The van der Waals surface area contributed by atoms with Crippen LogP contribution in [0.1, 0.15) is 21.1 Å². The Morgan fingerprint density at radius 3 is 2.58 bits per heavy atom. The SMILES string of the molecule is Cc1cc(C(=O)N2CCN(c3nnc(C)s3)CC2)c2cc(F)ccc2n1. The van der Waals surface area contributed by atoms with E-state index in [1.165, 1.54) is 12.1 Å². The second kappa shape index (κ2) is 6.60. The maximum absolute atomic E-state index is 13.7. The fraction of sp³-hybridized carbons (Fsp3) is 0.333. The fourth-order valence-electron chi connectivity index (χ4n) is 3.19. The number of anilines is 1. The molecular formula is C18H18FN5OS. The molecular weight excluding hydrogens is 353 g/mol. The summed E-state index contributed by atoms with van der Waals surface area (Å²) < 4.78 is 13.7. The van der Waals surface area contributed by atoms with Crippen LogP contribution < -0.4 is 4.90 Å². The molecule has 0 saturated carbocycles. The van der Waals surface area contributed by atoms with E-state index in [0.29, 0.717) is 42.6 Å². The Hall–Kier alpha value is -2.61. The molecule has 0 bridgehead atoms. The number of benzene rings is 1. The first-order valence-electron chi connectivity index (χ1n) is 8.42. The molecule has 0 spiro atoms. The Morgan fingerprint density at radius 2 is 1.88 bits per heavy atom. The van der Waals surface area contributed by atoms with Gasteiger partial charge in [-0.25, -0.2) is 4.39 Å². The lowest BCUT2D eigenvalue weighted by atomic mass is 10.1. The Balaban J connectivity index is 1.57. The number of aromatic nitrogens is 3. The first-order valence-corrected chi connectivity index (χ1v) is 9.24. The van der Waals surface area contributed by atoms with E-state index >= 15 is 0 Å². The van der Waals surface area contributed by atoms with E-state index in [-0.39, 0.29) is 11.7 Å². The summed E-state index contributed by atoms with van der Waals surface area (Å²) in [6.07, 6.45) is 0. The van der Waals surface area contributed by atoms with Gasteiger partial charge in [-0.05, 0) is 38.1 Å². The Kier molecular flexibility index (Phi) is 4.28. The van der Waals surface area contributed by atoms with Crippen LogP contribution in [-0.4, -0.2) is 52.2 Å². The van der Waals surface area contributed by atoms with Gasteiger partial charge >= 0.3 is 0 Å². The lowest BCUT2D eigenvalue weighted by Crippen LogP contribution is -2.48. The molecule has 2 aromatic heterocycles. The number of rotatable bonds is 2. The topological polar surface area (TPSA) is 62.2 Å². The van der Waals surface area contributed by atoms with Crippen molar-refractivity contribution < 1.29 is 9.18 Å². The van der Waals surface area contributed by atoms with E-state index in [1.54, 1.807) is 23.5 Å². The highest BCUT2D eigenvalue weighted by Crippen LogP contribution is 2.24. The monoisotopic (exact) mass is 371 g/mol. The van der Waals surface area contributed by atoms with Crippen LogP contribution in [0.5, 0.6) is 0 Å². The summed E-state index contributed by atoms with van der Waals surface area (Å²) in [6.45, 7) is 6.37. The van der Waals surface area contributed by atoms with Crippen LogP contribution in [0.15, 0.2) is 24.3 Å². The molecule has 1 aliphatic rings. The second-order valence-corrected chi connectivity index (χ2v) is 7.52. The van der Waals surface area contributed by atoms with Crippen molar-refractivity contribution in [3.05, 3.63) is 46.3 Å². The van der Waals surface area contributed by atoms with E-state index in [4.69, 9.17) is 0 Å². The Labute approximate surface area is 154 Å². The van der Waals surface area contributed by atoms with Crippen molar-refractivity contribution in [3.63, 3.8) is 0 Å². The molecule has 0 atom stereocenters. The van der Waals surface area contributed by atoms with Crippen LogP contribution in [0.2, 0.25) is 0 Å². The van der Waals surface area contributed by atoms with Crippen LogP contribution in [0.3, 0.4) is 0 Å². The van der Waals surface area contributed by atoms with Gasteiger partial charge in [0.2, 0.25) is 5.13 Å². The highest BCUT2D eigenvalue weighted by atomic mass is 32.1.